The molecule has 1 amide bonds. The SMILES string of the molecule is C=C(NNC(=O)c1ccc(CN(c2cccc(Cl)c2)S(=C)C)c(F)c1)C(F)F. The number of hydrazine groups is 1. The van der Waals surface area contributed by atoms with Crippen molar-refractivity contribution in [2.75, 3.05) is 10.6 Å². The van der Waals surface area contributed by atoms with Gasteiger partial charge in [0, 0.05) is 21.8 Å². The van der Waals surface area contributed by atoms with Crippen molar-refractivity contribution in [3.05, 3.63) is 76.7 Å². The number of hydrogen-bond donors (Lipinski definition) is 2. The van der Waals surface area contributed by atoms with Crippen LogP contribution in [0.1, 0.15) is 15.9 Å². The number of halogens is 4. The Hall–Kier alpha value is -2.45. The van der Waals surface area contributed by atoms with Gasteiger partial charge in [0.05, 0.1) is 12.2 Å². The van der Waals surface area contributed by atoms with E-state index in [0.717, 1.165) is 11.8 Å². The number of nitrogens with zero attached hydrogens (tertiary/aromatic N) is 1. The zero-order valence-electron chi connectivity index (χ0n) is 15.0. The highest BCUT2D eigenvalue weighted by molar-refractivity contribution is 8.14. The van der Waals surface area contributed by atoms with Crippen molar-refractivity contribution in [2.24, 2.45) is 0 Å². The molecule has 0 aliphatic rings. The maximum atomic E-state index is 14.5. The number of nitrogens with one attached hydrogen (secondary N) is 2. The fraction of sp³-hybridized carbons (Fsp3) is 0.158. The number of hydrogen-bond acceptors (Lipinski definition) is 3. The van der Waals surface area contributed by atoms with E-state index in [0.29, 0.717) is 10.6 Å². The average molecular weight is 430 g/mol. The van der Waals surface area contributed by atoms with Crippen LogP contribution in [-0.4, -0.2) is 24.5 Å². The van der Waals surface area contributed by atoms with Crippen molar-refractivity contribution in [1.82, 2.24) is 10.9 Å². The van der Waals surface area contributed by atoms with Crippen LogP contribution in [0.3, 0.4) is 0 Å². The van der Waals surface area contributed by atoms with Crippen LogP contribution >= 0.6 is 22.3 Å². The fourth-order valence-corrected chi connectivity index (χ4v) is 3.27. The van der Waals surface area contributed by atoms with Gasteiger partial charge in [-0.3, -0.25) is 15.6 Å². The standard InChI is InChI=1S/C19H19ClF3N3OS/c1-12(18(22)23)24-25-19(27)13-7-8-14(17(21)9-13)11-26(28(2)3)16-6-4-5-15(20)10-16/h4-10,18,24H,1-2,11H2,3H3,(H,25,27). The molecular weight excluding hydrogens is 411 g/mol. The smallest absolute Gasteiger partial charge is 0.279 e. The minimum absolute atomic E-state index is 0.0183. The van der Waals surface area contributed by atoms with Crippen molar-refractivity contribution >= 4 is 39.7 Å². The summed E-state index contributed by atoms with van der Waals surface area (Å²) in [5.74, 6) is 2.66. The highest BCUT2D eigenvalue weighted by Crippen LogP contribution is 2.29. The van der Waals surface area contributed by atoms with E-state index >= 15 is 0 Å². The lowest BCUT2D eigenvalue weighted by atomic mass is 10.1. The van der Waals surface area contributed by atoms with Crippen LogP contribution in [-0.2, 0) is 6.54 Å². The summed E-state index contributed by atoms with van der Waals surface area (Å²) in [6.07, 6.45) is -0.940. The summed E-state index contributed by atoms with van der Waals surface area (Å²) in [6.45, 7) is 3.29. The Morgan fingerprint density at radius 2 is 1.96 bits per heavy atom. The van der Waals surface area contributed by atoms with Crippen molar-refractivity contribution < 1.29 is 18.0 Å². The maximum Gasteiger partial charge on any atom is 0.279 e. The number of rotatable bonds is 8. The quantitative estimate of drug-likeness (QED) is 0.470. The summed E-state index contributed by atoms with van der Waals surface area (Å²) >= 11 is 6.03. The van der Waals surface area contributed by atoms with Gasteiger partial charge in [0.15, 0.2) is 0 Å². The first-order valence-electron chi connectivity index (χ1n) is 7.99. The third-order valence-corrected chi connectivity index (χ3v) is 5.03. The molecule has 0 aliphatic carbocycles. The Morgan fingerprint density at radius 3 is 2.54 bits per heavy atom. The first kappa shape index (κ1) is 21.8. The second-order valence-electron chi connectivity index (χ2n) is 5.83. The molecule has 150 valence electrons. The Labute approximate surface area is 169 Å². The molecule has 1 atom stereocenters. The van der Waals surface area contributed by atoms with Gasteiger partial charge in [0.1, 0.15) is 5.82 Å². The highest BCUT2D eigenvalue weighted by Gasteiger charge is 2.15. The third kappa shape index (κ3) is 5.77. The monoisotopic (exact) mass is 429 g/mol. The Balaban J connectivity index is 2.15. The fourth-order valence-electron chi connectivity index (χ4n) is 2.25. The van der Waals surface area contributed by atoms with Crippen LogP contribution in [0.25, 0.3) is 0 Å². The van der Waals surface area contributed by atoms with E-state index in [1.54, 1.807) is 18.2 Å². The molecule has 0 fully saturated rings. The van der Waals surface area contributed by atoms with Crippen LogP contribution in [0.4, 0.5) is 18.9 Å². The molecule has 0 spiro atoms. The highest BCUT2D eigenvalue weighted by atomic mass is 35.5. The molecule has 0 bridgehead atoms. The molecule has 0 saturated carbocycles. The van der Waals surface area contributed by atoms with Crippen molar-refractivity contribution in [2.45, 2.75) is 13.0 Å². The normalized spacial score (nSPS) is 11.8. The second-order valence-corrected chi connectivity index (χ2v) is 7.91. The average Bonchev–Trinajstić information content (AvgIpc) is 2.64. The lowest BCUT2D eigenvalue weighted by molar-refractivity contribution is 0.0928. The van der Waals surface area contributed by atoms with Crippen LogP contribution in [0.2, 0.25) is 5.02 Å². The number of benzene rings is 2. The van der Waals surface area contributed by atoms with E-state index in [1.165, 1.54) is 12.1 Å². The summed E-state index contributed by atoms with van der Waals surface area (Å²) in [5, 5.41) is 0.554. The van der Waals surface area contributed by atoms with Gasteiger partial charge in [0.25, 0.3) is 12.3 Å². The zero-order valence-corrected chi connectivity index (χ0v) is 16.6. The van der Waals surface area contributed by atoms with E-state index in [1.807, 2.05) is 27.5 Å². The maximum absolute atomic E-state index is 14.5. The molecule has 28 heavy (non-hydrogen) atoms. The van der Waals surface area contributed by atoms with Crippen LogP contribution in [0.5, 0.6) is 0 Å². The van der Waals surface area contributed by atoms with Crippen molar-refractivity contribution in [3.63, 3.8) is 0 Å². The minimum Gasteiger partial charge on any atom is -0.318 e. The van der Waals surface area contributed by atoms with Crippen molar-refractivity contribution in [3.8, 4) is 0 Å². The Bertz CT molecular complexity index is 908. The Kier molecular flexibility index (Phi) is 7.53. The molecule has 1 unspecified atom stereocenters. The summed E-state index contributed by atoms with van der Waals surface area (Å²) < 4.78 is 41.2. The van der Waals surface area contributed by atoms with E-state index in [4.69, 9.17) is 11.6 Å². The molecule has 0 aromatic heterocycles. The molecule has 2 N–H and O–H groups in total. The summed E-state index contributed by atoms with van der Waals surface area (Å²) in [7, 11) is -0.460. The van der Waals surface area contributed by atoms with E-state index in [9.17, 15) is 18.0 Å². The van der Waals surface area contributed by atoms with Crippen molar-refractivity contribution in [1.29, 1.82) is 0 Å². The van der Waals surface area contributed by atoms with Gasteiger partial charge < -0.3 is 4.31 Å². The summed E-state index contributed by atoms with van der Waals surface area (Å²) in [4.78, 5) is 12.0. The van der Waals surface area contributed by atoms with E-state index < -0.39 is 34.5 Å². The van der Waals surface area contributed by atoms with E-state index in [-0.39, 0.29) is 12.1 Å². The van der Waals surface area contributed by atoms with Gasteiger partial charge in [-0.25, -0.2) is 13.2 Å². The summed E-state index contributed by atoms with van der Waals surface area (Å²) in [5.41, 5.74) is 4.51. The lowest BCUT2D eigenvalue weighted by Crippen LogP contribution is -2.38. The minimum atomic E-state index is -2.83. The van der Waals surface area contributed by atoms with Crippen LogP contribution in [0.15, 0.2) is 54.7 Å². The lowest BCUT2D eigenvalue weighted by Gasteiger charge is -2.26. The molecule has 0 saturated heterocycles. The number of amides is 1. The topological polar surface area (TPSA) is 44.4 Å². The molecule has 9 heteroatoms. The Morgan fingerprint density at radius 1 is 1.25 bits per heavy atom. The number of carbonyl (C=O) groups is 1. The molecule has 4 nitrogen and oxygen atoms in total. The van der Waals surface area contributed by atoms with Gasteiger partial charge in [-0.2, -0.15) is 0 Å². The van der Waals surface area contributed by atoms with Gasteiger partial charge in [0.2, 0.25) is 0 Å². The molecule has 0 heterocycles. The number of alkyl halides is 2. The molecule has 0 aliphatic heterocycles. The third-order valence-electron chi connectivity index (χ3n) is 3.70. The first-order valence-corrected chi connectivity index (χ1v) is 10.1. The zero-order chi connectivity index (χ0) is 20.8. The number of allylic oxidation sites excluding steroid dienone is 1. The second kappa shape index (κ2) is 9.66. The van der Waals surface area contributed by atoms with Gasteiger partial charge in [-0.05, 0) is 36.6 Å². The van der Waals surface area contributed by atoms with Gasteiger partial charge in [-0.15, -0.1) is 10.7 Å². The first-order chi connectivity index (χ1) is 13.2. The predicted molar refractivity (Wildman–Crippen MR) is 110 cm³/mol. The predicted octanol–water partition coefficient (Wildman–Crippen LogP) is 4.74. The summed E-state index contributed by atoms with van der Waals surface area (Å²) in [6, 6.07) is 11.1. The molecule has 2 aromatic rings. The van der Waals surface area contributed by atoms with Gasteiger partial charge >= 0.3 is 0 Å². The number of anilines is 1. The number of carbonyl (C=O) groups excluding carboxylic acids is 1. The van der Waals surface area contributed by atoms with Gasteiger partial charge in [-0.1, -0.05) is 36.2 Å². The largest absolute Gasteiger partial charge is 0.318 e. The molecule has 2 aromatic carbocycles. The van der Waals surface area contributed by atoms with Crippen LogP contribution in [0, 0.1) is 5.82 Å². The van der Waals surface area contributed by atoms with E-state index in [2.05, 4.69) is 12.4 Å². The van der Waals surface area contributed by atoms with Crippen LogP contribution < -0.4 is 15.2 Å². The molecular formula is C19H19ClF3N3OS. The molecule has 2 rings (SSSR count). The molecule has 0 radical (unpaired) electrons.